The minimum Gasteiger partial charge on any atom is -0.480 e. The lowest BCUT2D eigenvalue weighted by Crippen LogP contribution is -2.29. The molecule has 5 heteroatoms. The Morgan fingerprint density at radius 2 is 1.93 bits per heavy atom. The average Bonchev–Trinajstić information content (AvgIpc) is 2.75. The van der Waals surface area contributed by atoms with Gasteiger partial charge in [-0.05, 0) is 45.3 Å². The van der Waals surface area contributed by atoms with Crippen molar-refractivity contribution >= 4 is 5.97 Å². The van der Waals surface area contributed by atoms with E-state index in [0.29, 0.717) is 13.0 Å². The molecule has 1 saturated heterocycles. The first-order chi connectivity index (χ1) is 7.18. The normalized spacial score (nSPS) is 16.7. The van der Waals surface area contributed by atoms with Crippen LogP contribution in [0, 0.1) is 0 Å². The van der Waals surface area contributed by atoms with Gasteiger partial charge in [0.2, 0.25) is 0 Å². The molecule has 15 heavy (non-hydrogen) atoms. The summed E-state index contributed by atoms with van der Waals surface area (Å²) >= 11 is 0. The maximum atomic E-state index is 10.1. The molecule has 0 amide bonds. The minimum atomic E-state index is -0.933. The van der Waals surface area contributed by atoms with Crippen LogP contribution in [0.2, 0.25) is 0 Å². The van der Waals surface area contributed by atoms with Crippen molar-refractivity contribution in [2.45, 2.75) is 38.1 Å². The SMILES string of the molecule is C1CCNC1.NCCCC[C@H](N)C(=O)O. The van der Waals surface area contributed by atoms with Crippen LogP contribution >= 0.6 is 0 Å². The molecule has 1 heterocycles. The molecule has 90 valence electrons. The Morgan fingerprint density at radius 3 is 2.27 bits per heavy atom. The fraction of sp³-hybridized carbons (Fsp3) is 0.900. The van der Waals surface area contributed by atoms with E-state index in [1.54, 1.807) is 0 Å². The van der Waals surface area contributed by atoms with Crippen LogP contribution in [0.1, 0.15) is 32.1 Å². The number of rotatable bonds is 5. The smallest absolute Gasteiger partial charge is 0.320 e. The second-order valence-corrected chi connectivity index (χ2v) is 3.69. The van der Waals surface area contributed by atoms with Crippen LogP contribution in [0.15, 0.2) is 0 Å². The number of aliphatic carboxylic acids is 1. The zero-order valence-corrected chi connectivity index (χ0v) is 9.24. The van der Waals surface area contributed by atoms with E-state index in [9.17, 15) is 4.79 Å². The van der Waals surface area contributed by atoms with Crippen molar-refractivity contribution in [2.75, 3.05) is 19.6 Å². The van der Waals surface area contributed by atoms with E-state index in [1.165, 1.54) is 25.9 Å². The van der Waals surface area contributed by atoms with Crippen LogP contribution in [0.4, 0.5) is 0 Å². The molecule has 0 aliphatic carbocycles. The molecule has 0 aromatic rings. The number of unbranched alkanes of at least 4 members (excludes halogenated alkanes) is 1. The molecule has 0 saturated carbocycles. The zero-order chi connectivity index (χ0) is 11.5. The summed E-state index contributed by atoms with van der Waals surface area (Å²) in [5, 5.41) is 11.5. The summed E-state index contributed by atoms with van der Waals surface area (Å²) in [6, 6.07) is -0.716. The molecule has 6 N–H and O–H groups in total. The van der Waals surface area contributed by atoms with Crippen LogP contribution in [0.5, 0.6) is 0 Å². The van der Waals surface area contributed by atoms with E-state index < -0.39 is 12.0 Å². The quantitative estimate of drug-likeness (QED) is 0.482. The lowest BCUT2D eigenvalue weighted by molar-refractivity contribution is -0.138. The Hall–Kier alpha value is -0.650. The highest BCUT2D eigenvalue weighted by Gasteiger charge is 2.09. The topological polar surface area (TPSA) is 101 Å². The van der Waals surface area contributed by atoms with Crippen LogP contribution in [0.25, 0.3) is 0 Å². The van der Waals surface area contributed by atoms with Crippen molar-refractivity contribution in [3.05, 3.63) is 0 Å². The van der Waals surface area contributed by atoms with Crippen molar-refractivity contribution in [1.29, 1.82) is 0 Å². The first-order valence-corrected chi connectivity index (χ1v) is 5.57. The molecule has 0 bridgehead atoms. The van der Waals surface area contributed by atoms with E-state index in [-0.39, 0.29) is 0 Å². The van der Waals surface area contributed by atoms with E-state index in [1.807, 2.05) is 0 Å². The maximum Gasteiger partial charge on any atom is 0.320 e. The van der Waals surface area contributed by atoms with Crippen molar-refractivity contribution in [3.8, 4) is 0 Å². The summed E-state index contributed by atoms with van der Waals surface area (Å²) in [6.07, 6.45) is 4.94. The molecule has 0 spiro atoms. The second kappa shape index (κ2) is 9.89. The Bertz CT molecular complexity index is 153. The summed E-state index contributed by atoms with van der Waals surface area (Å²) in [5.41, 5.74) is 10.4. The van der Waals surface area contributed by atoms with Crippen LogP contribution < -0.4 is 16.8 Å². The van der Waals surface area contributed by atoms with E-state index in [2.05, 4.69) is 5.32 Å². The summed E-state index contributed by atoms with van der Waals surface area (Å²) in [6.45, 7) is 3.10. The van der Waals surface area contributed by atoms with Gasteiger partial charge in [0.15, 0.2) is 0 Å². The number of carboxylic acid groups (broad SMARTS) is 1. The Labute approximate surface area is 91.2 Å². The third-order valence-electron chi connectivity index (χ3n) is 2.24. The molecule has 0 unspecified atom stereocenters. The lowest BCUT2D eigenvalue weighted by Gasteiger charge is -2.03. The van der Waals surface area contributed by atoms with Crippen molar-refractivity contribution in [1.82, 2.24) is 5.32 Å². The predicted octanol–water partition coefficient (Wildman–Crippen LogP) is -0.103. The predicted molar refractivity (Wildman–Crippen MR) is 60.6 cm³/mol. The van der Waals surface area contributed by atoms with Gasteiger partial charge in [0.25, 0.3) is 0 Å². The molecule has 5 nitrogen and oxygen atoms in total. The van der Waals surface area contributed by atoms with Gasteiger partial charge in [0.1, 0.15) is 6.04 Å². The third kappa shape index (κ3) is 9.65. The molecular weight excluding hydrogens is 194 g/mol. The summed E-state index contributed by atoms with van der Waals surface area (Å²) in [4.78, 5) is 10.1. The van der Waals surface area contributed by atoms with Gasteiger partial charge in [-0.1, -0.05) is 6.42 Å². The summed E-state index contributed by atoms with van der Waals surface area (Å²) < 4.78 is 0. The molecule has 0 aromatic heterocycles. The Balaban J connectivity index is 0.000000322. The first-order valence-electron chi connectivity index (χ1n) is 5.57. The zero-order valence-electron chi connectivity index (χ0n) is 9.24. The van der Waals surface area contributed by atoms with E-state index >= 15 is 0 Å². The molecule has 1 atom stereocenters. The second-order valence-electron chi connectivity index (χ2n) is 3.69. The first kappa shape index (κ1) is 14.3. The van der Waals surface area contributed by atoms with E-state index in [0.717, 1.165) is 12.8 Å². The Morgan fingerprint density at radius 1 is 1.33 bits per heavy atom. The van der Waals surface area contributed by atoms with Crippen LogP contribution in [-0.4, -0.2) is 36.8 Å². The number of nitrogens with one attached hydrogen (secondary N) is 1. The third-order valence-corrected chi connectivity index (χ3v) is 2.24. The fourth-order valence-electron chi connectivity index (χ4n) is 1.26. The minimum absolute atomic E-state index is 0.520. The van der Waals surface area contributed by atoms with Gasteiger partial charge in [0.05, 0.1) is 0 Å². The maximum absolute atomic E-state index is 10.1. The van der Waals surface area contributed by atoms with Gasteiger partial charge in [-0.3, -0.25) is 4.79 Å². The summed E-state index contributed by atoms with van der Waals surface area (Å²) in [7, 11) is 0. The van der Waals surface area contributed by atoms with Crippen LogP contribution in [0.3, 0.4) is 0 Å². The van der Waals surface area contributed by atoms with Gasteiger partial charge < -0.3 is 21.9 Å². The number of carbonyl (C=O) groups is 1. The summed E-state index contributed by atoms with van der Waals surface area (Å²) in [5.74, 6) is -0.933. The van der Waals surface area contributed by atoms with Gasteiger partial charge in [0, 0.05) is 0 Å². The van der Waals surface area contributed by atoms with Gasteiger partial charge in [-0.15, -0.1) is 0 Å². The van der Waals surface area contributed by atoms with Gasteiger partial charge >= 0.3 is 5.97 Å². The lowest BCUT2D eigenvalue weighted by atomic mass is 10.1. The molecule has 0 radical (unpaired) electrons. The standard InChI is InChI=1S/C6H14N2O2.C4H9N/c7-4-2-1-3-5(8)6(9)10;1-2-4-5-3-1/h5H,1-4,7-8H2,(H,9,10);5H,1-4H2/t5-;/m0./s1. The van der Waals surface area contributed by atoms with Crippen molar-refractivity contribution in [3.63, 3.8) is 0 Å². The van der Waals surface area contributed by atoms with Gasteiger partial charge in [-0.2, -0.15) is 0 Å². The van der Waals surface area contributed by atoms with Gasteiger partial charge in [-0.25, -0.2) is 0 Å². The monoisotopic (exact) mass is 217 g/mol. The molecule has 1 rings (SSSR count). The van der Waals surface area contributed by atoms with E-state index in [4.69, 9.17) is 16.6 Å². The highest BCUT2D eigenvalue weighted by molar-refractivity contribution is 5.72. The number of nitrogens with two attached hydrogens (primary N) is 2. The Kier molecular flexibility index (Phi) is 9.46. The number of hydrogen-bond acceptors (Lipinski definition) is 4. The largest absolute Gasteiger partial charge is 0.480 e. The molecule has 0 aromatic carbocycles. The number of hydrogen-bond donors (Lipinski definition) is 4. The fourth-order valence-corrected chi connectivity index (χ4v) is 1.26. The molecule has 1 fully saturated rings. The van der Waals surface area contributed by atoms with Crippen molar-refractivity contribution < 1.29 is 9.90 Å². The average molecular weight is 217 g/mol. The van der Waals surface area contributed by atoms with Crippen LogP contribution in [-0.2, 0) is 4.79 Å². The highest BCUT2D eigenvalue weighted by atomic mass is 16.4. The molecule has 1 aliphatic heterocycles. The van der Waals surface area contributed by atoms with Crippen molar-refractivity contribution in [2.24, 2.45) is 11.5 Å². The highest BCUT2D eigenvalue weighted by Crippen LogP contribution is 1.96. The molecule has 1 aliphatic rings. The number of carboxylic acids is 1. The molecular formula is C10H23N3O2.